The van der Waals surface area contributed by atoms with Crippen LogP contribution >= 0.6 is 15.9 Å². The van der Waals surface area contributed by atoms with Crippen LogP contribution in [0, 0.1) is 5.89 Å². The number of halogens is 1. The minimum Gasteiger partial charge on any atom is -0.240 e. The van der Waals surface area contributed by atoms with Crippen LogP contribution in [-0.4, -0.2) is 9.97 Å². The molecule has 0 atom stereocenters. The highest BCUT2D eigenvalue weighted by molar-refractivity contribution is 9.10. The zero-order chi connectivity index (χ0) is 16.0. The van der Waals surface area contributed by atoms with Gasteiger partial charge in [0.05, 0.1) is 4.47 Å². The summed E-state index contributed by atoms with van der Waals surface area (Å²) in [5.74, 6) is -4.05. The average molecular weight is 224 g/mol. The summed E-state index contributed by atoms with van der Waals surface area (Å²) < 4.78 is 67.5. The van der Waals surface area contributed by atoms with Crippen molar-refractivity contribution >= 4 is 15.9 Å². The third-order valence-corrected chi connectivity index (χ3v) is 1.27. The van der Waals surface area contributed by atoms with Gasteiger partial charge in [0, 0.05) is 31.1 Å². The van der Waals surface area contributed by atoms with Crippen molar-refractivity contribution in [3.8, 4) is 0 Å². The van der Waals surface area contributed by atoms with Gasteiger partial charge in [0.15, 0.2) is 0 Å². The second-order valence-corrected chi connectivity index (χ2v) is 2.64. The van der Waals surface area contributed by atoms with Crippen LogP contribution in [0.25, 0.3) is 0 Å². The highest BCUT2D eigenvalue weighted by atomic mass is 79.9. The first kappa shape index (κ1) is 2.52. The van der Waals surface area contributed by atoms with Crippen LogP contribution in [0.4, 0.5) is 0 Å². The summed E-state index contributed by atoms with van der Waals surface area (Å²) in [6.45, 7) is -6.78. The van der Waals surface area contributed by atoms with Gasteiger partial charge in [-0.25, -0.2) is 9.97 Å². The molecule has 1 aromatic heterocycles. The Morgan fingerprint density at radius 2 is 2.36 bits per heavy atom. The van der Waals surface area contributed by atoms with E-state index in [1.54, 1.807) is 0 Å². The van der Waals surface area contributed by atoms with Crippen LogP contribution in [0.15, 0.2) is 16.9 Å². The van der Waals surface area contributed by atoms with Crippen molar-refractivity contribution in [3.63, 3.8) is 0 Å². The third kappa shape index (κ3) is 2.97. The van der Waals surface area contributed by atoms with Gasteiger partial charge in [-0.1, -0.05) is 13.7 Å². The summed E-state index contributed by atoms with van der Waals surface area (Å²) in [6.07, 6.45) is -0.788. The Morgan fingerprint density at radius 3 is 2.91 bits per heavy atom. The molecule has 0 spiro atoms. The summed E-state index contributed by atoms with van der Waals surface area (Å²) >= 11 is 3.03. The molecule has 3 heteroatoms. The zero-order valence-electron chi connectivity index (χ0n) is 14.4. The number of hydrogen-bond acceptors (Lipinski definition) is 2. The van der Waals surface area contributed by atoms with E-state index in [4.69, 9.17) is 12.3 Å². The van der Waals surface area contributed by atoms with Gasteiger partial charge < -0.3 is 0 Å². The van der Waals surface area contributed by atoms with E-state index in [-0.39, 0.29) is 0 Å². The molecule has 0 aliphatic carbocycles. The smallest absolute Gasteiger partial charge is 0.128 e. The van der Waals surface area contributed by atoms with E-state index in [0.717, 1.165) is 12.4 Å². The molecule has 2 nitrogen and oxygen atoms in total. The molecule has 0 aliphatic heterocycles. The van der Waals surface area contributed by atoms with E-state index in [1.165, 1.54) is 0 Å². The van der Waals surface area contributed by atoms with Gasteiger partial charge in [-0.2, -0.15) is 0 Å². The molecular weight excluding hydrogens is 204 g/mol. The molecule has 0 saturated carbocycles. The SMILES string of the molecule is [2H]C([2H])([2H])C([2H])(C([2H])([2H])[2H])C([2H])([2H])c1ncc(Br)cn1. The fraction of sp³-hybridized carbons (Fsp3) is 0.500. The standard InChI is InChI=1S/C8H11BrN2/c1-6(2)3-8-10-4-7(9)5-11-8/h4-6H,3H2,1-2H3/i1D3,2D3,3D2,6D. The Hall–Kier alpha value is -0.440. The molecule has 0 aliphatic rings. The van der Waals surface area contributed by atoms with E-state index in [9.17, 15) is 0 Å². The lowest BCUT2D eigenvalue weighted by Gasteiger charge is -2.01. The summed E-state index contributed by atoms with van der Waals surface area (Å²) in [5, 5.41) is 0. The normalized spacial score (nSPS) is 27.2. The Morgan fingerprint density at radius 1 is 1.73 bits per heavy atom. The number of rotatable bonds is 2. The van der Waals surface area contributed by atoms with E-state index < -0.39 is 31.8 Å². The lowest BCUT2D eigenvalue weighted by Crippen LogP contribution is -1.99. The van der Waals surface area contributed by atoms with Crippen molar-refractivity contribution in [2.24, 2.45) is 5.89 Å². The summed E-state index contributed by atoms with van der Waals surface area (Å²) in [6, 6.07) is 0. The van der Waals surface area contributed by atoms with Crippen LogP contribution in [0.3, 0.4) is 0 Å². The number of aromatic nitrogens is 2. The van der Waals surface area contributed by atoms with Crippen LogP contribution in [0.2, 0.25) is 0 Å². The molecule has 0 fully saturated rings. The molecule has 0 radical (unpaired) electrons. The van der Waals surface area contributed by atoms with E-state index >= 15 is 0 Å². The third-order valence-electron chi connectivity index (χ3n) is 0.857. The predicted octanol–water partition coefficient (Wildman–Crippen LogP) is 2.44. The maximum atomic E-state index is 7.83. The number of nitrogens with zero attached hydrogens (tertiary/aromatic N) is 2. The molecule has 60 valence electrons. The lowest BCUT2D eigenvalue weighted by atomic mass is 10.1. The maximum Gasteiger partial charge on any atom is 0.128 e. The Balaban J connectivity index is 3.51. The summed E-state index contributed by atoms with van der Waals surface area (Å²) in [7, 11) is 0. The Labute approximate surface area is 87.8 Å². The maximum absolute atomic E-state index is 7.83. The Kier molecular flexibility index (Phi) is 0.874. The topological polar surface area (TPSA) is 25.8 Å². The van der Waals surface area contributed by atoms with E-state index in [0.29, 0.717) is 4.47 Å². The first-order chi connectivity index (χ1) is 8.75. The molecule has 0 unspecified atom stereocenters. The first-order valence-electron chi connectivity index (χ1n) is 7.23. The molecule has 11 heavy (non-hydrogen) atoms. The van der Waals surface area contributed by atoms with Gasteiger partial charge in [0.25, 0.3) is 0 Å². The van der Waals surface area contributed by atoms with Crippen molar-refractivity contribution in [1.82, 2.24) is 9.97 Å². The predicted molar refractivity (Wildman–Crippen MR) is 48.3 cm³/mol. The van der Waals surface area contributed by atoms with Crippen molar-refractivity contribution in [2.45, 2.75) is 20.1 Å². The van der Waals surface area contributed by atoms with Crippen LogP contribution in [0.1, 0.15) is 31.9 Å². The monoisotopic (exact) mass is 223 g/mol. The summed E-state index contributed by atoms with van der Waals surface area (Å²) in [5.41, 5.74) is 0. The van der Waals surface area contributed by atoms with Crippen LogP contribution in [-0.2, 0) is 6.37 Å². The van der Waals surface area contributed by atoms with E-state index in [2.05, 4.69) is 25.9 Å². The Bertz CT molecular complexity index is 464. The van der Waals surface area contributed by atoms with Gasteiger partial charge >= 0.3 is 0 Å². The van der Waals surface area contributed by atoms with Crippen LogP contribution in [0.5, 0.6) is 0 Å². The molecule has 0 amide bonds. The molecule has 1 rings (SSSR count). The van der Waals surface area contributed by atoms with Crippen molar-refractivity contribution < 1.29 is 12.3 Å². The van der Waals surface area contributed by atoms with Gasteiger partial charge in [0.2, 0.25) is 0 Å². The minimum atomic E-state index is -3.39. The lowest BCUT2D eigenvalue weighted by molar-refractivity contribution is 0.620. The molecule has 1 aromatic rings. The quantitative estimate of drug-likeness (QED) is 0.771. The van der Waals surface area contributed by atoms with E-state index in [1.807, 2.05) is 0 Å². The summed E-state index contributed by atoms with van der Waals surface area (Å²) in [4.78, 5) is 7.18. The largest absolute Gasteiger partial charge is 0.240 e. The first-order valence-corrected chi connectivity index (χ1v) is 3.52. The second kappa shape index (κ2) is 3.81. The fourth-order valence-corrected chi connectivity index (χ4v) is 0.693. The van der Waals surface area contributed by atoms with Crippen molar-refractivity contribution in [3.05, 3.63) is 22.7 Å². The van der Waals surface area contributed by atoms with Gasteiger partial charge in [-0.15, -0.1) is 0 Å². The zero-order valence-corrected chi connectivity index (χ0v) is 7.01. The second-order valence-electron chi connectivity index (χ2n) is 1.72. The van der Waals surface area contributed by atoms with Gasteiger partial charge in [0.1, 0.15) is 5.82 Å². The minimum absolute atomic E-state index is 0.412. The van der Waals surface area contributed by atoms with Crippen molar-refractivity contribution in [2.75, 3.05) is 0 Å². The number of hydrogen-bond donors (Lipinski definition) is 0. The fourth-order valence-electron chi connectivity index (χ4n) is 0.489. The molecule has 1 heterocycles. The molecule has 0 saturated heterocycles. The highest BCUT2D eigenvalue weighted by Crippen LogP contribution is 2.07. The molecular formula is C8H11BrN2. The van der Waals surface area contributed by atoms with Crippen molar-refractivity contribution in [1.29, 1.82) is 0 Å². The average Bonchev–Trinajstić information content (AvgIpc) is 2.25. The van der Waals surface area contributed by atoms with Gasteiger partial charge in [-0.3, -0.25) is 0 Å². The molecule has 0 N–H and O–H groups in total. The molecule has 0 bridgehead atoms. The highest BCUT2D eigenvalue weighted by Gasteiger charge is 1.99. The van der Waals surface area contributed by atoms with Gasteiger partial charge in [-0.05, 0) is 21.8 Å². The molecule has 0 aromatic carbocycles. The van der Waals surface area contributed by atoms with Crippen LogP contribution < -0.4 is 0 Å².